The standard InChI is InChI=1S/C16H23NOS/c1-15(2)8-10-19-11-16(15,18)13-7-3-5-12-6-4-9-17-14(12)13/h4,6,9,13,18H,3,5,7-8,10-11H2,1-2H3. The maximum absolute atomic E-state index is 11.4. The Morgan fingerprint density at radius 1 is 1.42 bits per heavy atom. The van der Waals surface area contributed by atoms with Gasteiger partial charge in [0.2, 0.25) is 0 Å². The van der Waals surface area contributed by atoms with Crippen LogP contribution < -0.4 is 0 Å². The molecule has 1 aromatic heterocycles. The average molecular weight is 277 g/mol. The van der Waals surface area contributed by atoms with Crippen LogP contribution in [0, 0.1) is 5.41 Å². The number of rotatable bonds is 1. The number of aryl methyl sites for hydroxylation is 1. The molecule has 1 saturated heterocycles. The van der Waals surface area contributed by atoms with Crippen LogP contribution in [0.2, 0.25) is 0 Å². The molecule has 1 fully saturated rings. The summed E-state index contributed by atoms with van der Waals surface area (Å²) in [6.45, 7) is 4.45. The Morgan fingerprint density at radius 3 is 3.05 bits per heavy atom. The Bertz CT molecular complexity index is 474. The summed E-state index contributed by atoms with van der Waals surface area (Å²) >= 11 is 1.89. The third kappa shape index (κ3) is 2.11. The van der Waals surface area contributed by atoms with Crippen LogP contribution in [0.5, 0.6) is 0 Å². The van der Waals surface area contributed by atoms with Crippen molar-refractivity contribution >= 4 is 11.8 Å². The SMILES string of the molecule is CC1(C)CCSCC1(O)C1CCCc2cccnc21. The van der Waals surface area contributed by atoms with Crippen molar-refractivity contribution in [2.75, 3.05) is 11.5 Å². The zero-order chi connectivity index (χ0) is 13.5. The summed E-state index contributed by atoms with van der Waals surface area (Å²) < 4.78 is 0. The molecular weight excluding hydrogens is 254 g/mol. The fourth-order valence-corrected chi connectivity index (χ4v) is 5.32. The minimum absolute atomic E-state index is 0.0188. The lowest BCUT2D eigenvalue weighted by Crippen LogP contribution is -2.55. The number of pyridine rings is 1. The van der Waals surface area contributed by atoms with Gasteiger partial charge in [-0.3, -0.25) is 4.98 Å². The fraction of sp³-hybridized carbons (Fsp3) is 0.688. The van der Waals surface area contributed by atoms with E-state index >= 15 is 0 Å². The summed E-state index contributed by atoms with van der Waals surface area (Å²) in [6, 6.07) is 4.20. The number of nitrogens with zero attached hydrogens (tertiary/aromatic N) is 1. The van der Waals surface area contributed by atoms with Crippen LogP contribution in [0.25, 0.3) is 0 Å². The summed E-state index contributed by atoms with van der Waals surface area (Å²) in [5.41, 5.74) is 1.87. The summed E-state index contributed by atoms with van der Waals surface area (Å²) in [4.78, 5) is 4.62. The van der Waals surface area contributed by atoms with Gasteiger partial charge in [0.15, 0.2) is 0 Å². The zero-order valence-electron chi connectivity index (χ0n) is 11.9. The summed E-state index contributed by atoms with van der Waals surface area (Å²) in [5.74, 6) is 2.22. The van der Waals surface area contributed by atoms with E-state index in [2.05, 4.69) is 24.9 Å². The molecule has 3 heteroatoms. The van der Waals surface area contributed by atoms with Crippen LogP contribution >= 0.6 is 11.8 Å². The van der Waals surface area contributed by atoms with E-state index in [0.29, 0.717) is 0 Å². The van der Waals surface area contributed by atoms with Gasteiger partial charge in [0.05, 0.1) is 5.60 Å². The van der Waals surface area contributed by atoms with Crippen molar-refractivity contribution in [3.8, 4) is 0 Å². The van der Waals surface area contributed by atoms with Crippen LogP contribution in [0.15, 0.2) is 18.3 Å². The predicted molar refractivity (Wildman–Crippen MR) is 80.6 cm³/mol. The molecule has 0 bridgehead atoms. The van der Waals surface area contributed by atoms with Gasteiger partial charge in [0.25, 0.3) is 0 Å². The highest BCUT2D eigenvalue weighted by Crippen LogP contribution is 2.52. The largest absolute Gasteiger partial charge is 0.388 e. The van der Waals surface area contributed by atoms with Crippen molar-refractivity contribution in [3.63, 3.8) is 0 Å². The Kier molecular flexibility index (Phi) is 3.38. The van der Waals surface area contributed by atoms with Gasteiger partial charge < -0.3 is 5.11 Å². The molecule has 0 radical (unpaired) electrons. The molecule has 2 atom stereocenters. The van der Waals surface area contributed by atoms with E-state index in [1.807, 2.05) is 24.0 Å². The van der Waals surface area contributed by atoms with Gasteiger partial charge in [0.1, 0.15) is 0 Å². The molecule has 104 valence electrons. The first kappa shape index (κ1) is 13.4. The van der Waals surface area contributed by atoms with Gasteiger partial charge >= 0.3 is 0 Å². The third-order valence-electron chi connectivity index (χ3n) is 5.14. The number of aliphatic hydroxyl groups is 1. The lowest BCUT2D eigenvalue weighted by molar-refractivity contribution is -0.0784. The second-order valence-corrected chi connectivity index (χ2v) is 7.71. The molecular formula is C16H23NOS. The zero-order valence-corrected chi connectivity index (χ0v) is 12.7. The van der Waals surface area contributed by atoms with E-state index in [1.165, 1.54) is 12.0 Å². The molecule has 0 amide bonds. The highest BCUT2D eigenvalue weighted by molar-refractivity contribution is 7.99. The smallest absolute Gasteiger partial charge is 0.0871 e. The fourth-order valence-electron chi connectivity index (χ4n) is 3.61. The minimum atomic E-state index is -0.612. The van der Waals surface area contributed by atoms with Crippen molar-refractivity contribution in [1.29, 1.82) is 0 Å². The second kappa shape index (κ2) is 4.78. The maximum Gasteiger partial charge on any atom is 0.0871 e. The van der Waals surface area contributed by atoms with Crippen LogP contribution in [-0.2, 0) is 6.42 Å². The van der Waals surface area contributed by atoms with Gasteiger partial charge in [-0.05, 0) is 48.5 Å². The van der Waals surface area contributed by atoms with Crippen molar-refractivity contribution in [3.05, 3.63) is 29.6 Å². The number of thioether (sulfide) groups is 1. The van der Waals surface area contributed by atoms with E-state index in [4.69, 9.17) is 0 Å². The van der Waals surface area contributed by atoms with E-state index in [1.54, 1.807) is 0 Å². The maximum atomic E-state index is 11.4. The van der Waals surface area contributed by atoms with Gasteiger partial charge in [-0.2, -0.15) is 11.8 Å². The molecule has 0 aromatic carbocycles. The molecule has 2 unspecified atom stereocenters. The van der Waals surface area contributed by atoms with Crippen LogP contribution in [0.3, 0.4) is 0 Å². The van der Waals surface area contributed by atoms with Crippen molar-refractivity contribution in [2.24, 2.45) is 5.41 Å². The molecule has 3 rings (SSSR count). The van der Waals surface area contributed by atoms with Crippen LogP contribution in [0.1, 0.15) is 50.3 Å². The Balaban J connectivity index is 2.02. The number of fused-ring (bicyclic) bond motifs is 1. The number of hydrogen-bond donors (Lipinski definition) is 1. The minimum Gasteiger partial charge on any atom is -0.388 e. The molecule has 1 aromatic rings. The normalized spacial score (nSPS) is 33.7. The van der Waals surface area contributed by atoms with Crippen molar-refractivity contribution < 1.29 is 5.11 Å². The van der Waals surface area contributed by atoms with Gasteiger partial charge in [-0.15, -0.1) is 0 Å². The Labute approximate surface area is 120 Å². The molecule has 1 N–H and O–H groups in total. The quantitative estimate of drug-likeness (QED) is 0.854. The van der Waals surface area contributed by atoms with Crippen LogP contribution in [0.4, 0.5) is 0 Å². The number of aromatic nitrogens is 1. The Morgan fingerprint density at radius 2 is 2.26 bits per heavy atom. The van der Waals surface area contributed by atoms with E-state index in [9.17, 15) is 5.11 Å². The number of hydrogen-bond acceptors (Lipinski definition) is 3. The first-order chi connectivity index (χ1) is 9.05. The molecule has 2 nitrogen and oxygen atoms in total. The van der Waals surface area contributed by atoms with E-state index < -0.39 is 5.60 Å². The van der Waals surface area contributed by atoms with Gasteiger partial charge in [-0.25, -0.2) is 0 Å². The van der Waals surface area contributed by atoms with Crippen molar-refractivity contribution in [2.45, 2.75) is 51.0 Å². The Hall–Kier alpha value is -0.540. The highest BCUT2D eigenvalue weighted by atomic mass is 32.2. The molecule has 0 saturated carbocycles. The molecule has 2 aliphatic rings. The summed E-state index contributed by atoms with van der Waals surface area (Å²) in [5, 5.41) is 11.4. The lowest BCUT2D eigenvalue weighted by atomic mass is 9.63. The third-order valence-corrected chi connectivity index (χ3v) is 6.27. The van der Waals surface area contributed by atoms with Crippen LogP contribution in [-0.4, -0.2) is 27.2 Å². The predicted octanol–water partition coefficient (Wildman–Crippen LogP) is 3.40. The molecule has 0 spiro atoms. The highest BCUT2D eigenvalue weighted by Gasteiger charge is 2.52. The summed E-state index contributed by atoms with van der Waals surface area (Å²) in [6.07, 6.45) is 6.33. The molecule has 1 aliphatic heterocycles. The van der Waals surface area contributed by atoms with Crippen molar-refractivity contribution in [1.82, 2.24) is 4.98 Å². The molecule has 2 heterocycles. The van der Waals surface area contributed by atoms with Gasteiger partial charge in [-0.1, -0.05) is 19.9 Å². The molecule has 1 aliphatic carbocycles. The van der Waals surface area contributed by atoms with E-state index in [-0.39, 0.29) is 11.3 Å². The van der Waals surface area contributed by atoms with Gasteiger partial charge in [0, 0.05) is 23.6 Å². The summed E-state index contributed by atoms with van der Waals surface area (Å²) in [7, 11) is 0. The second-order valence-electron chi connectivity index (χ2n) is 6.60. The molecule has 19 heavy (non-hydrogen) atoms. The first-order valence-electron chi connectivity index (χ1n) is 7.28. The first-order valence-corrected chi connectivity index (χ1v) is 8.44. The lowest BCUT2D eigenvalue weighted by Gasteiger charge is -2.51. The van der Waals surface area contributed by atoms with E-state index in [0.717, 1.165) is 36.5 Å². The monoisotopic (exact) mass is 277 g/mol. The average Bonchev–Trinajstić information content (AvgIpc) is 2.41. The topological polar surface area (TPSA) is 33.1 Å².